The van der Waals surface area contributed by atoms with Gasteiger partial charge in [-0.2, -0.15) is 0 Å². The summed E-state index contributed by atoms with van der Waals surface area (Å²) in [5.74, 6) is -0.142. The van der Waals surface area contributed by atoms with E-state index in [2.05, 4.69) is 10.3 Å². The van der Waals surface area contributed by atoms with E-state index in [-0.39, 0.29) is 17.7 Å². The van der Waals surface area contributed by atoms with E-state index in [9.17, 15) is 9.59 Å². The fourth-order valence-corrected chi connectivity index (χ4v) is 1.61. The average molecular weight is 207 g/mol. The Morgan fingerprint density at radius 2 is 2.33 bits per heavy atom. The van der Waals surface area contributed by atoms with Gasteiger partial charge in [-0.05, 0) is 19.9 Å². The molecule has 0 fully saturated rings. The third-order valence-electron chi connectivity index (χ3n) is 2.72. The van der Waals surface area contributed by atoms with Crippen molar-refractivity contribution < 1.29 is 9.59 Å². The van der Waals surface area contributed by atoms with Crippen LogP contribution >= 0.6 is 0 Å². The summed E-state index contributed by atoms with van der Waals surface area (Å²) in [6.07, 6.45) is 1.71. The number of nitrogens with one attached hydrogen (secondary N) is 2. The smallest absolute Gasteiger partial charge is 0.274 e. The molecule has 15 heavy (non-hydrogen) atoms. The summed E-state index contributed by atoms with van der Waals surface area (Å²) in [6, 6.07) is 1.42. The Balaban J connectivity index is 2.27. The number of carbonyl (C=O) groups excluding carboxylic acids is 2. The molecule has 2 heterocycles. The zero-order valence-corrected chi connectivity index (χ0v) is 8.70. The molecule has 1 unspecified atom stereocenters. The second-order valence-corrected chi connectivity index (χ2v) is 3.66. The molecule has 0 aromatic carbocycles. The molecule has 0 saturated heterocycles. The van der Waals surface area contributed by atoms with Crippen LogP contribution < -0.4 is 5.32 Å². The summed E-state index contributed by atoms with van der Waals surface area (Å²) in [4.78, 5) is 27.5. The number of anilines is 1. The maximum Gasteiger partial charge on any atom is 0.274 e. The molecule has 1 aliphatic heterocycles. The Hall–Kier alpha value is -1.78. The van der Waals surface area contributed by atoms with E-state index in [0.29, 0.717) is 12.4 Å². The van der Waals surface area contributed by atoms with Gasteiger partial charge in [0.2, 0.25) is 0 Å². The van der Waals surface area contributed by atoms with Crippen molar-refractivity contribution in [1.29, 1.82) is 0 Å². The van der Waals surface area contributed by atoms with Gasteiger partial charge in [0.15, 0.2) is 5.78 Å². The van der Waals surface area contributed by atoms with E-state index in [4.69, 9.17) is 0 Å². The third kappa shape index (κ3) is 1.49. The van der Waals surface area contributed by atoms with Gasteiger partial charge in [0, 0.05) is 6.20 Å². The van der Waals surface area contributed by atoms with Gasteiger partial charge in [0.1, 0.15) is 5.69 Å². The van der Waals surface area contributed by atoms with E-state index in [1.54, 1.807) is 13.1 Å². The van der Waals surface area contributed by atoms with Crippen LogP contribution in [0.3, 0.4) is 0 Å². The van der Waals surface area contributed by atoms with Crippen molar-refractivity contribution in [2.75, 3.05) is 12.0 Å². The highest BCUT2D eigenvalue weighted by atomic mass is 16.2. The molecule has 1 aromatic heterocycles. The molecule has 1 aromatic rings. The molecule has 5 heteroatoms. The van der Waals surface area contributed by atoms with Gasteiger partial charge in [-0.25, -0.2) is 0 Å². The van der Waals surface area contributed by atoms with E-state index in [1.807, 2.05) is 6.07 Å². The highest BCUT2D eigenvalue weighted by Crippen LogP contribution is 2.21. The Morgan fingerprint density at radius 3 is 3.00 bits per heavy atom. The third-order valence-corrected chi connectivity index (χ3v) is 2.72. The Kier molecular flexibility index (Phi) is 2.22. The molecule has 80 valence electrons. The van der Waals surface area contributed by atoms with E-state index in [1.165, 1.54) is 11.8 Å². The molecule has 0 aliphatic carbocycles. The summed E-state index contributed by atoms with van der Waals surface area (Å²) in [5.41, 5.74) is 1.32. The van der Waals surface area contributed by atoms with Crippen molar-refractivity contribution in [2.24, 2.45) is 0 Å². The van der Waals surface area contributed by atoms with Crippen molar-refractivity contribution in [1.82, 2.24) is 9.88 Å². The first-order chi connectivity index (χ1) is 7.11. The number of aromatic nitrogens is 1. The number of nitrogens with zero attached hydrogens (tertiary/aromatic N) is 1. The quantitative estimate of drug-likeness (QED) is 0.754. The summed E-state index contributed by atoms with van der Waals surface area (Å²) >= 11 is 0. The van der Waals surface area contributed by atoms with Gasteiger partial charge in [-0.15, -0.1) is 0 Å². The minimum atomic E-state index is -0.388. The molecule has 0 bridgehead atoms. The molecule has 0 saturated carbocycles. The van der Waals surface area contributed by atoms with Crippen molar-refractivity contribution >= 4 is 17.4 Å². The average Bonchev–Trinajstić information content (AvgIpc) is 2.66. The highest BCUT2D eigenvalue weighted by molar-refractivity contribution is 6.01. The number of carbonyl (C=O) groups is 2. The lowest BCUT2D eigenvalue weighted by Gasteiger charge is -2.31. The highest BCUT2D eigenvalue weighted by Gasteiger charge is 2.30. The molecule has 2 N–H and O–H groups in total. The molecule has 5 nitrogen and oxygen atoms in total. The fourth-order valence-electron chi connectivity index (χ4n) is 1.61. The zero-order valence-electron chi connectivity index (χ0n) is 8.70. The Morgan fingerprint density at radius 1 is 1.60 bits per heavy atom. The SMILES string of the molecule is CC(=O)C(C)N1CNc2cc[nH]c2C1=O. The fraction of sp³-hybridized carbons (Fsp3) is 0.400. The second kappa shape index (κ2) is 3.42. The molecule has 0 spiro atoms. The zero-order chi connectivity index (χ0) is 11.0. The number of fused-ring (bicyclic) bond motifs is 1. The van der Waals surface area contributed by atoms with Gasteiger partial charge < -0.3 is 15.2 Å². The minimum Gasteiger partial charge on any atom is -0.366 e. The standard InChI is InChI=1S/C10H13N3O2/c1-6(7(2)14)13-5-12-8-3-4-11-9(8)10(13)15/h3-4,6,11-12H,5H2,1-2H3. The van der Waals surface area contributed by atoms with Crippen LogP contribution in [-0.2, 0) is 4.79 Å². The van der Waals surface area contributed by atoms with Crippen molar-refractivity contribution in [3.63, 3.8) is 0 Å². The maximum atomic E-state index is 11.9. The van der Waals surface area contributed by atoms with E-state index < -0.39 is 0 Å². The number of aromatic amines is 1. The van der Waals surface area contributed by atoms with Crippen molar-refractivity contribution in [3.8, 4) is 0 Å². The Labute approximate surface area is 87.5 Å². The molecule has 1 atom stereocenters. The number of hydrogen-bond donors (Lipinski definition) is 2. The van der Waals surface area contributed by atoms with Gasteiger partial charge in [0.05, 0.1) is 18.4 Å². The summed E-state index contributed by atoms with van der Waals surface area (Å²) < 4.78 is 0. The van der Waals surface area contributed by atoms with Crippen LogP contribution in [-0.4, -0.2) is 34.3 Å². The summed E-state index contributed by atoms with van der Waals surface area (Å²) in [7, 11) is 0. The second-order valence-electron chi connectivity index (χ2n) is 3.66. The monoisotopic (exact) mass is 207 g/mol. The van der Waals surface area contributed by atoms with Crippen molar-refractivity contribution in [2.45, 2.75) is 19.9 Å². The molecular formula is C10H13N3O2. The molecule has 2 rings (SSSR count). The molecule has 0 radical (unpaired) electrons. The number of amides is 1. The van der Waals surface area contributed by atoms with Crippen LogP contribution in [0.5, 0.6) is 0 Å². The topological polar surface area (TPSA) is 65.2 Å². The number of H-pyrrole nitrogens is 1. The predicted octanol–water partition coefficient (Wildman–Crippen LogP) is 0.817. The first-order valence-corrected chi connectivity index (χ1v) is 4.84. The lowest BCUT2D eigenvalue weighted by atomic mass is 10.1. The predicted molar refractivity (Wildman–Crippen MR) is 55.6 cm³/mol. The number of rotatable bonds is 2. The van der Waals surface area contributed by atoms with Crippen LogP contribution in [0.2, 0.25) is 0 Å². The van der Waals surface area contributed by atoms with Gasteiger partial charge in [-0.1, -0.05) is 0 Å². The van der Waals surface area contributed by atoms with Crippen LogP contribution in [0.4, 0.5) is 5.69 Å². The van der Waals surface area contributed by atoms with Crippen LogP contribution in [0, 0.1) is 0 Å². The molecule has 1 aliphatic rings. The lowest BCUT2D eigenvalue weighted by molar-refractivity contribution is -0.120. The van der Waals surface area contributed by atoms with E-state index in [0.717, 1.165) is 5.69 Å². The van der Waals surface area contributed by atoms with Crippen LogP contribution in [0.1, 0.15) is 24.3 Å². The largest absolute Gasteiger partial charge is 0.366 e. The van der Waals surface area contributed by atoms with Crippen LogP contribution in [0.25, 0.3) is 0 Å². The first kappa shape index (κ1) is 9.76. The van der Waals surface area contributed by atoms with Gasteiger partial charge >= 0.3 is 0 Å². The summed E-state index contributed by atoms with van der Waals surface area (Å²) in [5, 5.41) is 3.08. The number of Topliss-reactive ketones (excluding diaryl/α,β-unsaturated/α-hetero) is 1. The minimum absolute atomic E-state index is 0.0137. The van der Waals surface area contributed by atoms with E-state index >= 15 is 0 Å². The molecular weight excluding hydrogens is 194 g/mol. The van der Waals surface area contributed by atoms with Crippen LogP contribution in [0.15, 0.2) is 12.3 Å². The number of ketones is 1. The first-order valence-electron chi connectivity index (χ1n) is 4.84. The molecule has 1 amide bonds. The summed E-state index contributed by atoms with van der Waals surface area (Å²) in [6.45, 7) is 3.60. The Bertz CT molecular complexity index is 411. The maximum absolute atomic E-state index is 11.9. The normalized spacial score (nSPS) is 16.9. The lowest BCUT2D eigenvalue weighted by Crippen LogP contribution is -2.47. The van der Waals surface area contributed by atoms with Gasteiger partial charge in [-0.3, -0.25) is 9.59 Å². The van der Waals surface area contributed by atoms with Crippen molar-refractivity contribution in [3.05, 3.63) is 18.0 Å². The van der Waals surface area contributed by atoms with Gasteiger partial charge in [0.25, 0.3) is 5.91 Å². The number of hydrogen-bond acceptors (Lipinski definition) is 3.